The monoisotopic (exact) mass is 342 g/mol. The average molecular weight is 343 g/mol. The molecule has 0 spiro atoms. The van der Waals surface area contributed by atoms with Gasteiger partial charge in [-0.1, -0.05) is 0 Å². The lowest BCUT2D eigenvalue weighted by Gasteiger charge is -2.20. The van der Waals surface area contributed by atoms with Crippen LogP contribution in [0.15, 0.2) is 22.7 Å². The molecule has 1 aliphatic carbocycles. The molecule has 1 aliphatic heterocycles. The molecule has 1 saturated heterocycles. The molecule has 1 saturated carbocycles. The second-order valence-electron chi connectivity index (χ2n) is 5.29. The molecule has 0 aromatic heterocycles. The van der Waals surface area contributed by atoms with Gasteiger partial charge in [-0.2, -0.15) is 0 Å². The first-order valence-electron chi connectivity index (χ1n) is 6.77. The Labute approximate surface area is 125 Å². The maximum absolute atomic E-state index is 13.2. The summed E-state index contributed by atoms with van der Waals surface area (Å²) in [4.78, 5) is 12.0. The Morgan fingerprint density at radius 2 is 2.15 bits per heavy atom. The molecule has 0 unspecified atom stereocenters. The van der Waals surface area contributed by atoms with Gasteiger partial charge < -0.3 is 15.4 Å². The summed E-state index contributed by atoms with van der Waals surface area (Å²) in [5.74, 6) is 0.201. The van der Waals surface area contributed by atoms with Crippen molar-refractivity contribution in [2.45, 2.75) is 31.4 Å². The van der Waals surface area contributed by atoms with Gasteiger partial charge >= 0.3 is 6.03 Å². The zero-order valence-electron chi connectivity index (χ0n) is 10.9. The summed E-state index contributed by atoms with van der Waals surface area (Å²) in [5, 5.41) is 5.59. The van der Waals surface area contributed by atoms with Crippen LogP contribution in [0.2, 0.25) is 0 Å². The number of nitrogens with one attached hydrogen (secondary N) is 2. The van der Waals surface area contributed by atoms with E-state index in [4.69, 9.17) is 4.74 Å². The Morgan fingerprint density at radius 1 is 1.35 bits per heavy atom. The van der Waals surface area contributed by atoms with Crippen molar-refractivity contribution in [3.63, 3.8) is 0 Å². The molecule has 0 bridgehead atoms. The first-order chi connectivity index (χ1) is 9.63. The number of halogens is 2. The van der Waals surface area contributed by atoms with Crippen molar-refractivity contribution in [3.05, 3.63) is 28.5 Å². The Morgan fingerprint density at radius 3 is 2.90 bits per heavy atom. The summed E-state index contributed by atoms with van der Waals surface area (Å²) in [6, 6.07) is 3.91. The van der Waals surface area contributed by atoms with Crippen molar-refractivity contribution in [2.75, 3.05) is 11.9 Å². The highest BCUT2D eigenvalue weighted by Crippen LogP contribution is 2.38. The van der Waals surface area contributed by atoms with E-state index >= 15 is 0 Å². The number of ether oxygens (including phenoxy) is 1. The van der Waals surface area contributed by atoms with Gasteiger partial charge in [0.25, 0.3) is 0 Å². The van der Waals surface area contributed by atoms with Crippen molar-refractivity contribution in [3.8, 4) is 0 Å². The summed E-state index contributed by atoms with van der Waals surface area (Å²) in [6.07, 6.45) is 3.33. The standard InChI is InChI=1S/C14H16BrFN2O2/c15-10-4-3-9(16)7-12(10)18-14(19)17-11-5-6-20-13(11)8-1-2-8/h3-4,7-8,11,13H,1-2,5-6H2,(H2,17,18,19)/t11-,13+/m0/s1. The van der Waals surface area contributed by atoms with Gasteiger partial charge in [-0.3, -0.25) is 0 Å². The Hall–Kier alpha value is -1.14. The van der Waals surface area contributed by atoms with Crippen LogP contribution in [0.5, 0.6) is 0 Å². The lowest BCUT2D eigenvalue weighted by Crippen LogP contribution is -2.43. The minimum atomic E-state index is -0.386. The molecule has 4 nitrogen and oxygen atoms in total. The van der Waals surface area contributed by atoms with E-state index in [9.17, 15) is 9.18 Å². The van der Waals surface area contributed by atoms with E-state index in [1.54, 1.807) is 6.07 Å². The van der Waals surface area contributed by atoms with E-state index in [2.05, 4.69) is 26.6 Å². The van der Waals surface area contributed by atoms with Crippen molar-refractivity contribution in [1.82, 2.24) is 5.32 Å². The molecule has 2 N–H and O–H groups in total. The van der Waals surface area contributed by atoms with Crippen molar-refractivity contribution < 1.29 is 13.9 Å². The van der Waals surface area contributed by atoms with Gasteiger partial charge in [0.1, 0.15) is 5.82 Å². The third kappa shape index (κ3) is 3.12. The van der Waals surface area contributed by atoms with Gasteiger partial charge in [0.2, 0.25) is 0 Å². The molecule has 6 heteroatoms. The van der Waals surface area contributed by atoms with E-state index in [0.717, 1.165) is 6.42 Å². The second-order valence-corrected chi connectivity index (χ2v) is 6.14. The molecule has 20 heavy (non-hydrogen) atoms. The molecule has 1 aromatic carbocycles. The summed E-state index contributed by atoms with van der Waals surface area (Å²) in [5.41, 5.74) is 0.421. The second kappa shape index (κ2) is 5.69. The SMILES string of the molecule is O=C(Nc1cc(F)ccc1Br)N[C@H]1CCO[C@@H]1C1CC1. The van der Waals surface area contributed by atoms with Crippen LogP contribution in [0.1, 0.15) is 19.3 Å². The fraction of sp³-hybridized carbons (Fsp3) is 0.500. The lowest BCUT2D eigenvalue weighted by atomic mass is 10.1. The molecule has 1 heterocycles. The molecular weight excluding hydrogens is 327 g/mol. The van der Waals surface area contributed by atoms with Gasteiger partial charge in [-0.05, 0) is 59.3 Å². The van der Waals surface area contributed by atoms with E-state index in [-0.39, 0.29) is 24.0 Å². The molecule has 108 valence electrons. The van der Waals surface area contributed by atoms with E-state index < -0.39 is 0 Å². The van der Waals surface area contributed by atoms with Crippen LogP contribution in [0.4, 0.5) is 14.9 Å². The number of carbonyl (C=O) groups is 1. The Kier molecular flexibility index (Phi) is 3.94. The van der Waals surface area contributed by atoms with Crippen LogP contribution < -0.4 is 10.6 Å². The summed E-state index contributed by atoms with van der Waals surface area (Å²) >= 11 is 3.28. The number of amides is 2. The highest BCUT2D eigenvalue weighted by molar-refractivity contribution is 9.10. The van der Waals surface area contributed by atoms with Gasteiger partial charge in [-0.15, -0.1) is 0 Å². The highest BCUT2D eigenvalue weighted by atomic mass is 79.9. The summed E-state index contributed by atoms with van der Waals surface area (Å²) in [7, 11) is 0. The smallest absolute Gasteiger partial charge is 0.319 e. The number of rotatable bonds is 3. The number of hydrogen-bond acceptors (Lipinski definition) is 2. The molecule has 2 amide bonds. The van der Waals surface area contributed by atoms with E-state index in [0.29, 0.717) is 22.7 Å². The molecular formula is C14H16BrFN2O2. The first kappa shape index (κ1) is 13.8. The normalized spacial score (nSPS) is 25.5. The van der Waals surface area contributed by atoms with Crippen LogP contribution >= 0.6 is 15.9 Å². The third-order valence-corrected chi connectivity index (χ3v) is 4.41. The van der Waals surface area contributed by atoms with Gasteiger partial charge in [-0.25, -0.2) is 9.18 Å². The van der Waals surface area contributed by atoms with E-state index in [1.165, 1.54) is 25.0 Å². The molecule has 1 aromatic rings. The van der Waals surface area contributed by atoms with Crippen LogP contribution in [-0.2, 0) is 4.74 Å². The number of anilines is 1. The Balaban J connectivity index is 1.60. The van der Waals surface area contributed by atoms with E-state index in [1.807, 2.05) is 0 Å². The number of carbonyl (C=O) groups excluding carboxylic acids is 1. The maximum Gasteiger partial charge on any atom is 0.319 e. The van der Waals surface area contributed by atoms with Gasteiger partial charge in [0.15, 0.2) is 0 Å². The van der Waals surface area contributed by atoms with Crippen LogP contribution in [0.3, 0.4) is 0 Å². The average Bonchev–Trinajstić information content (AvgIpc) is 3.15. The van der Waals surface area contributed by atoms with Crippen molar-refractivity contribution in [2.24, 2.45) is 5.92 Å². The fourth-order valence-corrected chi connectivity index (χ4v) is 2.92. The number of hydrogen-bond donors (Lipinski definition) is 2. The van der Waals surface area contributed by atoms with Gasteiger partial charge in [0, 0.05) is 11.1 Å². The van der Waals surface area contributed by atoms with Crippen LogP contribution in [0, 0.1) is 11.7 Å². The van der Waals surface area contributed by atoms with Gasteiger partial charge in [0.05, 0.1) is 17.8 Å². The molecule has 2 atom stereocenters. The van der Waals surface area contributed by atoms with Crippen LogP contribution in [0.25, 0.3) is 0 Å². The minimum Gasteiger partial charge on any atom is -0.376 e. The predicted molar refractivity (Wildman–Crippen MR) is 77.1 cm³/mol. The minimum absolute atomic E-state index is 0.0508. The summed E-state index contributed by atoms with van der Waals surface area (Å²) < 4.78 is 19.5. The zero-order valence-corrected chi connectivity index (χ0v) is 12.5. The molecule has 3 rings (SSSR count). The highest BCUT2D eigenvalue weighted by Gasteiger charge is 2.41. The topological polar surface area (TPSA) is 50.4 Å². The first-order valence-corrected chi connectivity index (χ1v) is 7.57. The number of urea groups is 1. The predicted octanol–water partition coefficient (Wildman–Crippen LogP) is 3.28. The molecule has 0 radical (unpaired) electrons. The van der Waals surface area contributed by atoms with Crippen molar-refractivity contribution in [1.29, 1.82) is 0 Å². The molecule has 2 aliphatic rings. The summed E-state index contributed by atoms with van der Waals surface area (Å²) in [6.45, 7) is 0.690. The zero-order chi connectivity index (χ0) is 14.1. The quantitative estimate of drug-likeness (QED) is 0.885. The molecule has 2 fully saturated rings. The Bertz CT molecular complexity index is 522. The fourth-order valence-electron chi connectivity index (χ4n) is 2.58. The largest absolute Gasteiger partial charge is 0.376 e. The van der Waals surface area contributed by atoms with Crippen molar-refractivity contribution >= 4 is 27.6 Å². The number of benzene rings is 1. The lowest BCUT2D eigenvalue weighted by molar-refractivity contribution is 0.0829. The van der Waals surface area contributed by atoms with Crippen LogP contribution in [-0.4, -0.2) is 24.8 Å². The maximum atomic E-state index is 13.2. The third-order valence-electron chi connectivity index (χ3n) is 3.72.